The van der Waals surface area contributed by atoms with Crippen LogP contribution in [0.5, 0.6) is 0 Å². The Hall–Kier alpha value is -3.68. The van der Waals surface area contributed by atoms with Crippen molar-refractivity contribution < 1.29 is 28.7 Å². The van der Waals surface area contributed by atoms with Crippen LogP contribution in [0.15, 0.2) is 60.7 Å². The van der Waals surface area contributed by atoms with Crippen molar-refractivity contribution in [2.45, 2.75) is 44.6 Å². The largest absolute Gasteiger partial charge is 0.465 e. The second kappa shape index (κ2) is 9.90. The molecule has 1 saturated carbocycles. The highest BCUT2D eigenvalue weighted by Gasteiger charge is 2.67. The van der Waals surface area contributed by atoms with Crippen LogP contribution in [-0.2, 0) is 23.9 Å². The Morgan fingerprint density at radius 1 is 0.886 bits per heavy atom. The van der Waals surface area contributed by atoms with Gasteiger partial charge in [-0.3, -0.25) is 19.7 Å². The van der Waals surface area contributed by atoms with Gasteiger partial charge in [0.05, 0.1) is 13.2 Å². The molecule has 0 bridgehead atoms. The van der Waals surface area contributed by atoms with Crippen molar-refractivity contribution in [3.05, 3.63) is 71.8 Å². The Kier molecular flexibility index (Phi) is 6.91. The van der Waals surface area contributed by atoms with Gasteiger partial charge in [0.1, 0.15) is 5.54 Å². The van der Waals surface area contributed by atoms with E-state index in [0.717, 1.165) is 11.1 Å². The van der Waals surface area contributed by atoms with E-state index in [1.54, 1.807) is 13.8 Å². The first kappa shape index (κ1) is 24.4. The van der Waals surface area contributed by atoms with Gasteiger partial charge in [0.25, 0.3) is 5.91 Å². The molecule has 8 heteroatoms. The molecule has 1 aliphatic heterocycles. The number of carbonyl (C=O) groups is 4. The Morgan fingerprint density at radius 2 is 1.37 bits per heavy atom. The third-order valence-corrected chi connectivity index (χ3v) is 7.12. The van der Waals surface area contributed by atoms with Crippen molar-refractivity contribution in [2.75, 3.05) is 13.2 Å². The molecular formula is C27H30N2O6. The van der Waals surface area contributed by atoms with E-state index in [0.29, 0.717) is 0 Å². The standard InChI is InChI=1S/C27H30N2O6/c1-3-34-23(31)26(24(32)35-4-2)15-20(16-26)27(22(30)28-25(33)29-27)17-21(18-11-7-5-8-12-18)19-13-9-6-10-14-19/h5-14,20-21H,3-4,15-17H2,1-2H3,(H2,28,29,30,33). The van der Waals surface area contributed by atoms with E-state index in [4.69, 9.17) is 9.47 Å². The lowest BCUT2D eigenvalue weighted by atomic mass is 9.54. The fourth-order valence-electron chi connectivity index (χ4n) is 5.31. The first-order valence-corrected chi connectivity index (χ1v) is 11.9. The van der Waals surface area contributed by atoms with Gasteiger partial charge in [-0.2, -0.15) is 0 Å². The predicted octanol–water partition coefficient (Wildman–Crippen LogP) is 3.31. The summed E-state index contributed by atoms with van der Waals surface area (Å²) in [6, 6.07) is 18.9. The molecule has 2 aromatic rings. The maximum atomic E-state index is 13.3. The first-order chi connectivity index (χ1) is 16.9. The van der Waals surface area contributed by atoms with Gasteiger partial charge >= 0.3 is 18.0 Å². The van der Waals surface area contributed by atoms with Gasteiger partial charge in [0, 0.05) is 5.92 Å². The first-order valence-electron chi connectivity index (χ1n) is 11.9. The summed E-state index contributed by atoms with van der Waals surface area (Å²) in [5, 5.41) is 5.24. The molecule has 184 valence electrons. The van der Waals surface area contributed by atoms with Crippen molar-refractivity contribution in [2.24, 2.45) is 11.3 Å². The van der Waals surface area contributed by atoms with Crippen LogP contribution in [0.1, 0.15) is 50.2 Å². The lowest BCUT2D eigenvalue weighted by Gasteiger charge is -2.50. The lowest BCUT2D eigenvalue weighted by molar-refractivity contribution is -0.187. The average Bonchev–Trinajstić information content (AvgIpc) is 3.11. The highest BCUT2D eigenvalue weighted by atomic mass is 16.6. The molecule has 1 saturated heterocycles. The number of rotatable bonds is 9. The molecule has 8 nitrogen and oxygen atoms in total. The van der Waals surface area contributed by atoms with Crippen LogP contribution in [0.3, 0.4) is 0 Å². The Bertz CT molecular complexity index is 1040. The molecule has 2 N–H and O–H groups in total. The van der Waals surface area contributed by atoms with Crippen molar-refractivity contribution in [3.8, 4) is 0 Å². The zero-order valence-electron chi connectivity index (χ0n) is 19.9. The molecule has 1 unspecified atom stereocenters. The predicted molar refractivity (Wildman–Crippen MR) is 127 cm³/mol. The van der Waals surface area contributed by atoms with E-state index in [1.165, 1.54) is 0 Å². The number of carbonyl (C=O) groups excluding carboxylic acids is 4. The minimum Gasteiger partial charge on any atom is -0.465 e. The number of amides is 3. The molecule has 0 aromatic heterocycles. The number of hydrogen-bond donors (Lipinski definition) is 2. The van der Waals surface area contributed by atoms with Crippen molar-refractivity contribution in [1.29, 1.82) is 0 Å². The summed E-state index contributed by atoms with van der Waals surface area (Å²) in [6.45, 7) is 3.58. The number of ether oxygens (including phenoxy) is 2. The second-order valence-corrected chi connectivity index (χ2v) is 9.09. The fraction of sp³-hybridized carbons (Fsp3) is 0.407. The minimum absolute atomic E-state index is 0.0503. The van der Waals surface area contributed by atoms with Crippen LogP contribution in [0.4, 0.5) is 4.79 Å². The summed E-state index contributed by atoms with van der Waals surface area (Å²) < 4.78 is 10.4. The molecular weight excluding hydrogens is 448 g/mol. The van der Waals surface area contributed by atoms with Crippen LogP contribution in [-0.4, -0.2) is 42.6 Å². The second-order valence-electron chi connectivity index (χ2n) is 9.09. The van der Waals surface area contributed by atoms with E-state index < -0.39 is 40.7 Å². The van der Waals surface area contributed by atoms with Gasteiger partial charge in [-0.1, -0.05) is 60.7 Å². The topological polar surface area (TPSA) is 111 Å². The molecule has 1 aliphatic carbocycles. The van der Waals surface area contributed by atoms with Gasteiger partial charge in [0.15, 0.2) is 5.41 Å². The molecule has 35 heavy (non-hydrogen) atoms. The highest BCUT2D eigenvalue weighted by molar-refractivity contribution is 6.08. The summed E-state index contributed by atoms with van der Waals surface area (Å²) in [7, 11) is 0. The number of urea groups is 1. The molecule has 1 heterocycles. The maximum absolute atomic E-state index is 13.3. The van der Waals surface area contributed by atoms with Gasteiger partial charge in [-0.05, 0) is 50.2 Å². The SMILES string of the molecule is CCOC(=O)C1(C(=O)OCC)CC(C2(CC(c3ccccc3)c3ccccc3)NC(=O)NC2=O)C1. The number of hydrogen-bond acceptors (Lipinski definition) is 6. The summed E-state index contributed by atoms with van der Waals surface area (Å²) in [4.78, 5) is 51.3. The van der Waals surface area contributed by atoms with Gasteiger partial charge < -0.3 is 14.8 Å². The molecule has 1 atom stereocenters. The number of nitrogens with one attached hydrogen (secondary N) is 2. The normalized spacial score (nSPS) is 21.1. The van der Waals surface area contributed by atoms with E-state index in [1.807, 2.05) is 60.7 Å². The van der Waals surface area contributed by atoms with Crippen molar-refractivity contribution in [1.82, 2.24) is 10.6 Å². The minimum atomic E-state index is -1.48. The molecule has 0 spiro atoms. The number of benzene rings is 2. The quantitative estimate of drug-likeness (QED) is 0.325. The van der Waals surface area contributed by atoms with E-state index in [9.17, 15) is 19.2 Å². The Labute approximate surface area is 204 Å². The average molecular weight is 479 g/mol. The fourth-order valence-corrected chi connectivity index (χ4v) is 5.31. The zero-order chi connectivity index (χ0) is 25.1. The van der Waals surface area contributed by atoms with Crippen LogP contribution in [0.25, 0.3) is 0 Å². The summed E-state index contributed by atoms with van der Waals surface area (Å²) in [5.74, 6) is -2.43. The maximum Gasteiger partial charge on any atom is 0.323 e. The highest BCUT2D eigenvalue weighted by Crippen LogP contribution is 2.55. The van der Waals surface area contributed by atoms with Crippen LogP contribution >= 0.6 is 0 Å². The van der Waals surface area contributed by atoms with Crippen molar-refractivity contribution >= 4 is 23.9 Å². The molecule has 3 amide bonds. The molecule has 2 fully saturated rings. The third kappa shape index (κ3) is 4.40. The molecule has 2 aliphatic rings. The van der Waals surface area contributed by atoms with Gasteiger partial charge in [0.2, 0.25) is 0 Å². The monoisotopic (exact) mass is 478 g/mol. The molecule has 2 aromatic carbocycles. The summed E-state index contributed by atoms with van der Waals surface area (Å²) in [5.41, 5.74) is -0.788. The van der Waals surface area contributed by atoms with Gasteiger partial charge in [-0.15, -0.1) is 0 Å². The van der Waals surface area contributed by atoms with Crippen molar-refractivity contribution in [3.63, 3.8) is 0 Å². The van der Waals surface area contributed by atoms with Gasteiger partial charge in [-0.25, -0.2) is 4.79 Å². The summed E-state index contributed by atoms with van der Waals surface area (Å²) in [6.07, 6.45) is 0.369. The smallest absolute Gasteiger partial charge is 0.323 e. The van der Waals surface area contributed by atoms with Crippen LogP contribution < -0.4 is 10.6 Å². The molecule has 4 rings (SSSR count). The van der Waals surface area contributed by atoms with E-state index in [-0.39, 0.29) is 38.4 Å². The summed E-state index contributed by atoms with van der Waals surface area (Å²) >= 11 is 0. The third-order valence-electron chi connectivity index (χ3n) is 7.12. The van der Waals surface area contributed by atoms with Crippen LogP contribution in [0, 0.1) is 11.3 Å². The van der Waals surface area contributed by atoms with E-state index in [2.05, 4.69) is 10.6 Å². The number of imide groups is 1. The number of esters is 2. The molecule has 0 radical (unpaired) electrons. The zero-order valence-corrected chi connectivity index (χ0v) is 19.9. The Balaban J connectivity index is 1.71. The lowest BCUT2D eigenvalue weighted by Crippen LogP contribution is -2.64. The van der Waals surface area contributed by atoms with E-state index >= 15 is 0 Å². The van der Waals surface area contributed by atoms with Crippen LogP contribution in [0.2, 0.25) is 0 Å². The Morgan fingerprint density at radius 3 is 1.77 bits per heavy atom.